The van der Waals surface area contributed by atoms with E-state index in [2.05, 4.69) is 228 Å². The van der Waals surface area contributed by atoms with Gasteiger partial charge >= 0.3 is 348 Å². The maximum absolute atomic E-state index is 6.04. The Morgan fingerprint density at radius 3 is 1.78 bits per heavy atom. The fourth-order valence-electron chi connectivity index (χ4n) is 11.0. The van der Waals surface area contributed by atoms with Crippen molar-refractivity contribution in [1.82, 2.24) is 14.0 Å². The van der Waals surface area contributed by atoms with Gasteiger partial charge in [0.05, 0.1) is 0 Å². The first-order chi connectivity index (χ1) is 29.2. The van der Waals surface area contributed by atoms with Crippen LogP contribution in [0.1, 0.15) is 24.2 Å². The van der Waals surface area contributed by atoms with Crippen molar-refractivity contribution in [2.45, 2.75) is 17.8 Å². The van der Waals surface area contributed by atoms with Crippen molar-refractivity contribution < 1.29 is 0 Å². The van der Waals surface area contributed by atoms with Crippen LogP contribution in [0.5, 0.6) is 0 Å². The molecule has 2 aliphatic heterocycles. The molecular formula is C54H42GeN4. The molecule has 7 aromatic carbocycles. The summed E-state index contributed by atoms with van der Waals surface area (Å²) in [5, 5.41) is 4.93. The van der Waals surface area contributed by atoms with Gasteiger partial charge in [-0.1, -0.05) is 0 Å². The molecule has 0 saturated heterocycles. The number of para-hydroxylation sites is 3. The zero-order valence-electron chi connectivity index (χ0n) is 33.1. The van der Waals surface area contributed by atoms with Gasteiger partial charge in [-0.25, -0.2) is 0 Å². The molecule has 4 unspecified atom stereocenters. The van der Waals surface area contributed by atoms with Crippen molar-refractivity contribution in [2.75, 3.05) is 7.05 Å². The molecule has 282 valence electrons. The molecule has 4 atom stereocenters. The van der Waals surface area contributed by atoms with Crippen molar-refractivity contribution in [3.63, 3.8) is 0 Å². The minimum absolute atomic E-state index is 0.234. The Balaban J connectivity index is 1.29. The van der Waals surface area contributed by atoms with Crippen molar-refractivity contribution in [2.24, 2.45) is 10.9 Å². The number of aromatic nitrogens is 2. The first-order valence-electron chi connectivity index (χ1n) is 20.8. The van der Waals surface area contributed by atoms with Crippen LogP contribution in [0.15, 0.2) is 210 Å². The topological polar surface area (TPSA) is 25.5 Å². The number of hydrogen-bond acceptors (Lipinski definition) is 2. The summed E-state index contributed by atoms with van der Waals surface area (Å²) in [7, 11) is 2.33. The molecule has 4 heterocycles. The van der Waals surface area contributed by atoms with E-state index >= 15 is 0 Å². The molecule has 1 aliphatic carbocycles. The van der Waals surface area contributed by atoms with E-state index in [1.54, 1.807) is 0 Å². The second-order valence-corrected chi connectivity index (χ2v) is 24.5. The molecule has 0 saturated carbocycles. The summed E-state index contributed by atoms with van der Waals surface area (Å²) < 4.78 is 9.85. The van der Waals surface area contributed by atoms with Gasteiger partial charge in [0.2, 0.25) is 0 Å². The summed E-state index contributed by atoms with van der Waals surface area (Å²) >= 11 is -3.68. The zero-order valence-corrected chi connectivity index (χ0v) is 35.2. The number of rotatable bonds is 4. The normalized spacial score (nSPS) is 21.2. The Kier molecular flexibility index (Phi) is 7.70. The molecule has 0 spiro atoms. The number of benzene rings is 7. The predicted molar refractivity (Wildman–Crippen MR) is 250 cm³/mol. The molecule has 12 rings (SSSR count). The average molecular weight is 820 g/mol. The zero-order chi connectivity index (χ0) is 39.2. The first-order valence-corrected chi connectivity index (χ1v) is 25.1. The van der Waals surface area contributed by atoms with Crippen LogP contribution in [0, 0.1) is 5.92 Å². The van der Waals surface area contributed by atoms with Crippen LogP contribution in [0.25, 0.3) is 54.9 Å². The number of aliphatic imine (C=N–C) groups is 1. The second-order valence-electron chi connectivity index (χ2n) is 16.3. The maximum atomic E-state index is 6.04. The van der Waals surface area contributed by atoms with E-state index < -0.39 is 13.3 Å². The van der Waals surface area contributed by atoms with E-state index in [0.717, 1.165) is 17.0 Å². The Morgan fingerprint density at radius 2 is 1.08 bits per heavy atom. The molecule has 5 heteroatoms. The van der Waals surface area contributed by atoms with Gasteiger partial charge in [-0.2, -0.15) is 0 Å². The Bertz CT molecular complexity index is 3260. The van der Waals surface area contributed by atoms with Crippen LogP contribution in [-0.2, 0) is 0 Å². The fourth-order valence-corrected chi connectivity index (χ4v) is 24.1. The number of fused-ring (bicyclic) bond motifs is 9. The van der Waals surface area contributed by atoms with Gasteiger partial charge in [-0.15, -0.1) is 0 Å². The third kappa shape index (κ3) is 4.75. The first kappa shape index (κ1) is 34.4. The van der Waals surface area contributed by atoms with Crippen molar-refractivity contribution in [3.8, 4) is 5.69 Å². The van der Waals surface area contributed by atoms with Crippen molar-refractivity contribution >= 4 is 77.1 Å². The monoisotopic (exact) mass is 820 g/mol. The van der Waals surface area contributed by atoms with E-state index in [4.69, 9.17) is 4.99 Å². The van der Waals surface area contributed by atoms with Crippen molar-refractivity contribution in [1.29, 1.82) is 0 Å². The number of nitrogens with zero attached hydrogens (tertiary/aromatic N) is 4. The molecule has 0 bridgehead atoms. The Morgan fingerprint density at radius 1 is 0.525 bits per heavy atom. The summed E-state index contributed by atoms with van der Waals surface area (Å²) in [5.41, 5.74) is 9.67. The molecule has 0 radical (unpaired) electrons. The molecule has 9 aromatic rings. The third-order valence-corrected chi connectivity index (χ3v) is 25.1. The Hall–Kier alpha value is -6.63. The van der Waals surface area contributed by atoms with Gasteiger partial charge in [0.1, 0.15) is 0 Å². The van der Waals surface area contributed by atoms with Crippen LogP contribution >= 0.6 is 0 Å². The van der Waals surface area contributed by atoms with E-state index in [-0.39, 0.29) is 6.17 Å². The molecule has 0 amide bonds. The van der Waals surface area contributed by atoms with Crippen LogP contribution in [0.4, 0.5) is 0 Å². The molecule has 4 nitrogen and oxygen atoms in total. The molecule has 0 N–H and O–H groups in total. The summed E-state index contributed by atoms with van der Waals surface area (Å²) in [6.45, 7) is 2.43. The van der Waals surface area contributed by atoms with Gasteiger partial charge in [-0.3, -0.25) is 0 Å². The Labute approximate surface area is 346 Å². The number of allylic oxidation sites excluding steroid dienone is 5. The molecule has 3 aliphatic rings. The van der Waals surface area contributed by atoms with Crippen molar-refractivity contribution in [3.05, 3.63) is 216 Å². The van der Waals surface area contributed by atoms with Crippen LogP contribution in [-0.4, -0.2) is 40.2 Å². The minimum atomic E-state index is -3.68. The molecular weight excluding hydrogens is 777 g/mol. The van der Waals surface area contributed by atoms with Crippen LogP contribution in [0.3, 0.4) is 0 Å². The third-order valence-electron chi connectivity index (χ3n) is 13.4. The quantitative estimate of drug-likeness (QED) is 0.162. The van der Waals surface area contributed by atoms with Gasteiger partial charge < -0.3 is 0 Å². The van der Waals surface area contributed by atoms with Crippen LogP contribution in [0.2, 0.25) is 4.75 Å². The number of hydrogen-bond donors (Lipinski definition) is 0. The van der Waals surface area contributed by atoms with E-state index in [1.165, 1.54) is 68.1 Å². The molecule has 2 aromatic heterocycles. The van der Waals surface area contributed by atoms with Gasteiger partial charge in [0.25, 0.3) is 0 Å². The average Bonchev–Trinajstić information content (AvgIpc) is 3.93. The molecule has 59 heavy (non-hydrogen) atoms. The SMILES string of the molecule is CC1C=CC=C[CH]1[Ge]1([c]2ccccc2)[C]2=C(C(n3c4ccccc4c4ccc5c6ccccc6n(-c6ccccc6)c5c43)=NC(c3ccccc3)N2C)c2cccc[c]21. The summed E-state index contributed by atoms with van der Waals surface area (Å²) in [5.74, 6) is 1.38. The van der Waals surface area contributed by atoms with E-state index in [0.29, 0.717) is 10.7 Å². The summed E-state index contributed by atoms with van der Waals surface area (Å²) in [4.78, 5) is 8.63. The second kappa shape index (κ2) is 13.2. The standard InChI is InChI=1S/C54H42GeN4/c1-36-20-12-16-30-45(36)55(38-23-8-4-9-24-38)46-31-17-13-29-44(46)49-52(55)57(2)53(37-21-6-3-7-22-37)56-54(49)59-48-33-19-15-28-41(48)43-35-34-42-40-27-14-18-32-47(40)58(50(42)51(43)59)39-25-10-5-11-26-39/h3-36,45,53H,1-2H3. The van der Waals surface area contributed by atoms with E-state index in [9.17, 15) is 0 Å². The van der Waals surface area contributed by atoms with Gasteiger partial charge in [-0.05, 0) is 0 Å². The summed E-state index contributed by atoms with van der Waals surface area (Å²) in [6, 6.07) is 65.3. The fraction of sp³-hybridized carbons (Fsp3) is 0.0926. The van der Waals surface area contributed by atoms with Gasteiger partial charge in [0.15, 0.2) is 0 Å². The van der Waals surface area contributed by atoms with Gasteiger partial charge in [0, 0.05) is 0 Å². The predicted octanol–water partition coefficient (Wildman–Crippen LogP) is 11.4. The summed E-state index contributed by atoms with van der Waals surface area (Å²) in [6.07, 6.45) is 9.30. The van der Waals surface area contributed by atoms with E-state index in [1.807, 2.05) is 0 Å². The van der Waals surface area contributed by atoms with Crippen LogP contribution < -0.4 is 8.79 Å². The molecule has 0 fully saturated rings.